The highest BCUT2D eigenvalue weighted by molar-refractivity contribution is 9.11. The third-order valence-electron chi connectivity index (χ3n) is 2.43. The van der Waals surface area contributed by atoms with E-state index < -0.39 is 17.5 Å². The number of rotatable bonds is 3. The second kappa shape index (κ2) is 5.87. The maximum atomic E-state index is 11.7. The summed E-state index contributed by atoms with van der Waals surface area (Å²) in [7, 11) is 0. The Hall–Kier alpha value is -0.830. The minimum atomic E-state index is -0.518. The highest BCUT2D eigenvalue weighted by Crippen LogP contribution is 2.30. The van der Waals surface area contributed by atoms with Gasteiger partial charge in [0.15, 0.2) is 0 Å². The van der Waals surface area contributed by atoms with Crippen LogP contribution in [-0.4, -0.2) is 32.5 Å². The summed E-state index contributed by atoms with van der Waals surface area (Å²) < 4.78 is 6.79. The Morgan fingerprint density at radius 3 is 3.06 bits per heavy atom. The zero-order valence-corrected chi connectivity index (χ0v) is 11.6. The Bertz CT molecular complexity index is 568. The molecule has 2 N–H and O–H groups in total. The van der Waals surface area contributed by atoms with Gasteiger partial charge in [-0.25, -0.2) is 4.79 Å². The summed E-state index contributed by atoms with van der Waals surface area (Å²) in [5.41, 5.74) is -0.941. The van der Waals surface area contributed by atoms with Crippen molar-refractivity contribution in [1.82, 2.24) is 9.55 Å². The maximum Gasteiger partial charge on any atom is 0.330 e. The Labute approximate surface area is 115 Å². The minimum absolute atomic E-state index is 0.104. The van der Waals surface area contributed by atoms with Gasteiger partial charge in [-0.3, -0.25) is 14.3 Å². The number of hydrogen-bond acceptors (Lipinski definition) is 5. The first-order valence-corrected chi connectivity index (χ1v) is 7.12. The summed E-state index contributed by atoms with van der Waals surface area (Å²) in [5.74, 6) is 0.550. The molecule has 2 atom stereocenters. The molecule has 0 spiro atoms. The van der Waals surface area contributed by atoms with Crippen molar-refractivity contribution in [3.63, 3.8) is 0 Å². The number of nitrogens with one attached hydrogen (secondary N) is 1. The number of ether oxygens (including phenoxy) is 1. The standard InChI is InChI=1S/C10H11BrN2O4S/c11-2-1-6-3-13(10(16)12-9(6)15)7-5-18-8(4-14)17-7/h1-3,7-8,14H,4-5H2,(H,12,15,16)/t7-,8+/m1/s1. The quantitative estimate of drug-likeness (QED) is 0.840. The number of aromatic nitrogens is 2. The molecule has 1 aromatic heterocycles. The summed E-state index contributed by atoms with van der Waals surface area (Å²) in [4.78, 5) is 27.0. The average molecular weight is 335 g/mol. The van der Waals surface area contributed by atoms with E-state index in [-0.39, 0.29) is 12.0 Å². The fraction of sp³-hybridized carbons (Fsp3) is 0.400. The largest absolute Gasteiger partial charge is 0.393 e. The molecule has 0 unspecified atom stereocenters. The molecule has 98 valence electrons. The normalized spacial score (nSPS) is 23.9. The lowest BCUT2D eigenvalue weighted by Gasteiger charge is -2.13. The van der Waals surface area contributed by atoms with Crippen LogP contribution in [0.4, 0.5) is 0 Å². The SMILES string of the molecule is O=c1[nH]c(=O)n([C@H]2CS[C@@H](CO)O2)cc1C=CBr. The van der Waals surface area contributed by atoms with E-state index in [1.807, 2.05) is 0 Å². The molecule has 1 fully saturated rings. The number of halogens is 1. The molecule has 18 heavy (non-hydrogen) atoms. The third kappa shape index (κ3) is 2.77. The number of thioether (sulfide) groups is 1. The molecule has 0 amide bonds. The van der Waals surface area contributed by atoms with Crippen molar-refractivity contribution in [2.75, 3.05) is 12.4 Å². The number of H-pyrrole nitrogens is 1. The van der Waals surface area contributed by atoms with Crippen LogP contribution in [0.5, 0.6) is 0 Å². The maximum absolute atomic E-state index is 11.7. The van der Waals surface area contributed by atoms with Crippen LogP contribution in [0.25, 0.3) is 6.08 Å². The summed E-state index contributed by atoms with van der Waals surface area (Å²) in [6.45, 7) is -0.104. The molecule has 0 aromatic carbocycles. The second-order valence-corrected chi connectivity index (χ2v) is 5.30. The van der Waals surface area contributed by atoms with Crippen LogP contribution >= 0.6 is 27.7 Å². The summed E-state index contributed by atoms with van der Waals surface area (Å²) in [6, 6.07) is 0. The first-order chi connectivity index (χ1) is 8.65. The molecule has 1 aliphatic heterocycles. The number of nitrogens with zero attached hydrogens (tertiary/aromatic N) is 1. The van der Waals surface area contributed by atoms with Gasteiger partial charge in [-0.05, 0) is 11.1 Å². The van der Waals surface area contributed by atoms with E-state index in [0.29, 0.717) is 11.3 Å². The lowest BCUT2D eigenvalue weighted by atomic mass is 10.3. The first kappa shape index (κ1) is 13.6. The van der Waals surface area contributed by atoms with Crippen LogP contribution in [0.15, 0.2) is 20.8 Å². The lowest BCUT2D eigenvalue weighted by Crippen LogP contribution is -2.34. The monoisotopic (exact) mass is 334 g/mol. The van der Waals surface area contributed by atoms with Crippen molar-refractivity contribution in [2.24, 2.45) is 0 Å². The van der Waals surface area contributed by atoms with Gasteiger partial charge >= 0.3 is 5.69 Å². The van der Waals surface area contributed by atoms with E-state index in [4.69, 9.17) is 9.84 Å². The van der Waals surface area contributed by atoms with Gasteiger partial charge in [0.2, 0.25) is 0 Å². The number of aliphatic hydroxyl groups excluding tert-OH is 1. The molecule has 2 rings (SSSR count). The van der Waals surface area contributed by atoms with Crippen molar-refractivity contribution in [3.8, 4) is 0 Å². The van der Waals surface area contributed by atoms with Crippen LogP contribution in [0, 0.1) is 0 Å². The molecular weight excluding hydrogens is 324 g/mol. The lowest BCUT2D eigenvalue weighted by molar-refractivity contribution is -0.00643. The third-order valence-corrected chi connectivity index (χ3v) is 3.80. The van der Waals surface area contributed by atoms with Crippen molar-refractivity contribution in [3.05, 3.63) is 37.6 Å². The Kier molecular flexibility index (Phi) is 4.44. The van der Waals surface area contributed by atoms with Gasteiger partial charge in [0.1, 0.15) is 11.7 Å². The molecule has 1 saturated heterocycles. The van der Waals surface area contributed by atoms with E-state index in [1.165, 1.54) is 27.5 Å². The van der Waals surface area contributed by atoms with Crippen LogP contribution in [0.1, 0.15) is 11.8 Å². The summed E-state index contributed by atoms with van der Waals surface area (Å²) in [5, 5.41) is 8.97. The number of hydrogen-bond donors (Lipinski definition) is 2. The minimum Gasteiger partial charge on any atom is -0.393 e. The summed E-state index contributed by atoms with van der Waals surface area (Å²) >= 11 is 4.50. The van der Waals surface area contributed by atoms with Gasteiger partial charge < -0.3 is 9.84 Å². The van der Waals surface area contributed by atoms with Gasteiger partial charge in [0, 0.05) is 11.9 Å². The van der Waals surface area contributed by atoms with Gasteiger partial charge in [0.25, 0.3) is 5.56 Å². The molecule has 1 aliphatic rings. The molecule has 0 radical (unpaired) electrons. The molecule has 8 heteroatoms. The Balaban J connectivity index is 2.36. The fourth-order valence-electron chi connectivity index (χ4n) is 1.59. The Morgan fingerprint density at radius 2 is 2.44 bits per heavy atom. The number of aliphatic hydroxyl groups is 1. The van der Waals surface area contributed by atoms with Crippen molar-refractivity contribution in [1.29, 1.82) is 0 Å². The molecule has 0 aliphatic carbocycles. The first-order valence-electron chi connectivity index (χ1n) is 5.16. The molecule has 0 saturated carbocycles. The summed E-state index contributed by atoms with van der Waals surface area (Å²) in [6.07, 6.45) is 2.52. The topological polar surface area (TPSA) is 84.3 Å². The van der Waals surface area contributed by atoms with Crippen molar-refractivity contribution < 1.29 is 9.84 Å². The van der Waals surface area contributed by atoms with E-state index in [0.717, 1.165) is 0 Å². The highest BCUT2D eigenvalue weighted by atomic mass is 79.9. The predicted octanol–water partition coefficient (Wildman–Crippen LogP) is 0.483. The number of aromatic amines is 1. The predicted molar refractivity (Wildman–Crippen MR) is 72.7 cm³/mol. The zero-order chi connectivity index (χ0) is 13.1. The Morgan fingerprint density at radius 1 is 1.67 bits per heavy atom. The molecule has 6 nitrogen and oxygen atoms in total. The van der Waals surface area contributed by atoms with E-state index >= 15 is 0 Å². The van der Waals surface area contributed by atoms with Crippen molar-refractivity contribution in [2.45, 2.75) is 11.7 Å². The fourth-order valence-corrected chi connectivity index (χ4v) is 2.80. The van der Waals surface area contributed by atoms with Crippen LogP contribution in [0.2, 0.25) is 0 Å². The molecular formula is C10H11BrN2O4S. The van der Waals surface area contributed by atoms with Crippen LogP contribution in [0.3, 0.4) is 0 Å². The van der Waals surface area contributed by atoms with Gasteiger partial charge in [-0.2, -0.15) is 0 Å². The molecule has 0 bridgehead atoms. The average Bonchev–Trinajstić information content (AvgIpc) is 2.81. The van der Waals surface area contributed by atoms with Gasteiger partial charge in [-0.1, -0.05) is 15.9 Å². The van der Waals surface area contributed by atoms with E-state index in [2.05, 4.69) is 20.9 Å². The van der Waals surface area contributed by atoms with Gasteiger partial charge in [0.05, 0.1) is 12.2 Å². The highest BCUT2D eigenvalue weighted by Gasteiger charge is 2.27. The molecule has 1 aromatic rings. The van der Waals surface area contributed by atoms with Crippen LogP contribution < -0.4 is 11.2 Å². The zero-order valence-electron chi connectivity index (χ0n) is 9.21. The van der Waals surface area contributed by atoms with Crippen molar-refractivity contribution >= 4 is 33.8 Å². The van der Waals surface area contributed by atoms with E-state index in [9.17, 15) is 9.59 Å². The van der Waals surface area contributed by atoms with Gasteiger partial charge in [-0.15, -0.1) is 11.8 Å². The second-order valence-electron chi connectivity index (χ2n) is 3.58. The van der Waals surface area contributed by atoms with Crippen LogP contribution in [-0.2, 0) is 4.74 Å². The van der Waals surface area contributed by atoms with E-state index in [1.54, 1.807) is 6.08 Å². The molecule has 2 heterocycles. The smallest absolute Gasteiger partial charge is 0.330 e.